The van der Waals surface area contributed by atoms with E-state index >= 15 is 0 Å². The molecule has 0 aromatic heterocycles. The van der Waals surface area contributed by atoms with E-state index in [1.165, 1.54) is 16.7 Å². The molecule has 2 aromatic rings. The number of ether oxygens (including phenoxy) is 1. The molecule has 0 spiro atoms. The molecule has 4 nitrogen and oxygen atoms in total. The predicted octanol–water partition coefficient (Wildman–Crippen LogP) is 3.20. The Labute approximate surface area is 156 Å². The second kappa shape index (κ2) is 8.37. The molecule has 1 saturated heterocycles. The highest BCUT2D eigenvalue weighted by Crippen LogP contribution is 2.16. The topological polar surface area (TPSA) is 32.8 Å². The van der Waals surface area contributed by atoms with Crippen LogP contribution in [0.1, 0.15) is 22.3 Å². The molecule has 1 heterocycles. The largest absolute Gasteiger partial charge is 0.497 e. The number of rotatable bonds is 5. The highest BCUT2D eigenvalue weighted by molar-refractivity contribution is 5.79. The van der Waals surface area contributed by atoms with Crippen LogP contribution in [0.4, 0.5) is 0 Å². The van der Waals surface area contributed by atoms with Crippen LogP contribution in [0.5, 0.6) is 5.75 Å². The van der Waals surface area contributed by atoms with Gasteiger partial charge in [0.25, 0.3) is 0 Å². The van der Waals surface area contributed by atoms with Crippen LogP contribution in [0.2, 0.25) is 0 Å². The second-order valence-electron chi connectivity index (χ2n) is 7.11. The predicted molar refractivity (Wildman–Crippen MR) is 104 cm³/mol. The van der Waals surface area contributed by atoms with Gasteiger partial charge >= 0.3 is 0 Å². The number of amides is 1. The lowest BCUT2D eigenvalue weighted by Crippen LogP contribution is -2.48. The van der Waals surface area contributed by atoms with Crippen LogP contribution in [0.3, 0.4) is 0 Å². The molecular formula is C22H28N2O2. The molecule has 0 unspecified atom stereocenters. The van der Waals surface area contributed by atoms with Gasteiger partial charge in [-0.1, -0.05) is 35.9 Å². The minimum atomic E-state index is 0.210. The second-order valence-corrected chi connectivity index (χ2v) is 7.11. The molecule has 2 aromatic carbocycles. The maximum atomic E-state index is 12.6. The Morgan fingerprint density at radius 3 is 2.35 bits per heavy atom. The number of piperazine rings is 1. The third-order valence-electron chi connectivity index (χ3n) is 5.14. The average Bonchev–Trinajstić information content (AvgIpc) is 2.66. The van der Waals surface area contributed by atoms with Crippen LogP contribution in [0.15, 0.2) is 42.5 Å². The fourth-order valence-electron chi connectivity index (χ4n) is 3.40. The van der Waals surface area contributed by atoms with Gasteiger partial charge in [0.05, 0.1) is 13.5 Å². The number of carbonyl (C=O) groups excluding carboxylic acids is 1. The molecule has 26 heavy (non-hydrogen) atoms. The number of hydrogen-bond donors (Lipinski definition) is 0. The molecule has 0 atom stereocenters. The zero-order valence-corrected chi connectivity index (χ0v) is 16.0. The number of aryl methyl sites for hydroxylation is 2. The summed E-state index contributed by atoms with van der Waals surface area (Å²) in [6, 6.07) is 14.4. The molecule has 138 valence electrons. The van der Waals surface area contributed by atoms with E-state index in [9.17, 15) is 4.79 Å². The van der Waals surface area contributed by atoms with E-state index in [0.717, 1.165) is 44.0 Å². The number of methoxy groups -OCH3 is 1. The quantitative estimate of drug-likeness (QED) is 0.828. The molecule has 0 saturated carbocycles. The van der Waals surface area contributed by atoms with Gasteiger partial charge in [0.1, 0.15) is 5.75 Å². The summed E-state index contributed by atoms with van der Waals surface area (Å²) in [6.45, 7) is 8.75. The van der Waals surface area contributed by atoms with Crippen molar-refractivity contribution in [1.29, 1.82) is 0 Å². The van der Waals surface area contributed by atoms with Gasteiger partial charge in [-0.05, 0) is 42.7 Å². The summed E-state index contributed by atoms with van der Waals surface area (Å²) in [5.74, 6) is 1.03. The summed E-state index contributed by atoms with van der Waals surface area (Å²) in [6.07, 6.45) is 0.459. The maximum absolute atomic E-state index is 12.6. The number of carbonyl (C=O) groups is 1. The van der Waals surface area contributed by atoms with E-state index in [2.05, 4.69) is 36.9 Å². The van der Waals surface area contributed by atoms with E-state index in [1.807, 2.05) is 29.2 Å². The summed E-state index contributed by atoms with van der Waals surface area (Å²) < 4.78 is 5.17. The van der Waals surface area contributed by atoms with Gasteiger partial charge in [0.15, 0.2) is 0 Å². The van der Waals surface area contributed by atoms with Crippen molar-refractivity contribution in [3.8, 4) is 5.75 Å². The van der Waals surface area contributed by atoms with Gasteiger partial charge in [-0.2, -0.15) is 0 Å². The van der Waals surface area contributed by atoms with Crippen LogP contribution in [0.25, 0.3) is 0 Å². The highest BCUT2D eigenvalue weighted by Gasteiger charge is 2.21. The van der Waals surface area contributed by atoms with Crippen LogP contribution in [-0.2, 0) is 17.8 Å². The van der Waals surface area contributed by atoms with Gasteiger partial charge in [-0.3, -0.25) is 9.69 Å². The normalized spacial score (nSPS) is 15.1. The van der Waals surface area contributed by atoms with Gasteiger partial charge in [-0.25, -0.2) is 0 Å². The van der Waals surface area contributed by atoms with Crippen molar-refractivity contribution < 1.29 is 9.53 Å². The fraction of sp³-hybridized carbons (Fsp3) is 0.409. The van der Waals surface area contributed by atoms with Crippen LogP contribution in [-0.4, -0.2) is 49.0 Å². The first-order chi connectivity index (χ1) is 12.5. The summed E-state index contributed by atoms with van der Waals surface area (Å²) >= 11 is 0. The highest BCUT2D eigenvalue weighted by atomic mass is 16.5. The van der Waals surface area contributed by atoms with Crippen molar-refractivity contribution in [2.75, 3.05) is 33.3 Å². The molecule has 1 amide bonds. The lowest BCUT2D eigenvalue weighted by Gasteiger charge is -2.35. The van der Waals surface area contributed by atoms with Gasteiger partial charge in [0, 0.05) is 32.7 Å². The van der Waals surface area contributed by atoms with E-state index in [1.54, 1.807) is 7.11 Å². The van der Waals surface area contributed by atoms with Crippen LogP contribution < -0.4 is 4.74 Å². The van der Waals surface area contributed by atoms with E-state index in [-0.39, 0.29) is 5.91 Å². The summed E-state index contributed by atoms with van der Waals surface area (Å²) in [5.41, 5.74) is 5.07. The first-order valence-electron chi connectivity index (χ1n) is 9.24. The van der Waals surface area contributed by atoms with E-state index < -0.39 is 0 Å². The lowest BCUT2D eigenvalue weighted by molar-refractivity contribution is -0.132. The SMILES string of the molecule is COc1ccc(CC(=O)N2CCN(Cc3cc(C)ccc3C)CC2)cc1. The van der Waals surface area contributed by atoms with Crippen molar-refractivity contribution in [3.05, 3.63) is 64.7 Å². The van der Waals surface area contributed by atoms with Crippen molar-refractivity contribution >= 4 is 5.91 Å². The van der Waals surface area contributed by atoms with E-state index in [4.69, 9.17) is 4.74 Å². The lowest BCUT2D eigenvalue weighted by atomic mass is 10.0. The molecule has 0 aliphatic carbocycles. The fourth-order valence-corrected chi connectivity index (χ4v) is 3.40. The van der Waals surface area contributed by atoms with Gasteiger partial charge in [0.2, 0.25) is 5.91 Å². The van der Waals surface area contributed by atoms with Crippen molar-refractivity contribution in [3.63, 3.8) is 0 Å². The average molecular weight is 352 g/mol. The Morgan fingerprint density at radius 2 is 1.69 bits per heavy atom. The Morgan fingerprint density at radius 1 is 1.00 bits per heavy atom. The molecule has 1 fully saturated rings. The number of nitrogens with zero attached hydrogens (tertiary/aromatic N) is 2. The van der Waals surface area contributed by atoms with Crippen LogP contribution in [0, 0.1) is 13.8 Å². The zero-order valence-electron chi connectivity index (χ0n) is 16.0. The van der Waals surface area contributed by atoms with Crippen molar-refractivity contribution in [2.45, 2.75) is 26.8 Å². The first kappa shape index (κ1) is 18.5. The third-order valence-corrected chi connectivity index (χ3v) is 5.14. The summed E-state index contributed by atoms with van der Waals surface area (Å²) in [4.78, 5) is 17.0. The molecule has 3 rings (SSSR count). The van der Waals surface area contributed by atoms with Crippen LogP contribution >= 0.6 is 0 Å². The molecular weight excluding hydrogens is 324 g/mol. The molecule has 0 bridgehead atoms. The Kier molecular flexibility index (Phi) is 5.94. The molecule has 0 N–H and O–H groups in total. The minimum absolute atomic E-state index is 0.210. The Bertz CT molecular complexity index is 747. The Balaban J connectivity index is 1.51. The smallest absolute Gasteiger partial charge is 0.227 e. The zero-order chi connectivity index (χ0) is 18.5. The molecule has 1 aliphatic rings. The van der Waals surface area contributed by atoms with Gasteiger partial charge < -0.3 is 9.64 Å². The van der Waals surface area contributed by atoms with Crippen molar-refractivity contribution in [1.82, 2.24) is 9.80 Å². The standard InChI is InChI=1S/C22H28N2O2/c1-17-4-5-18(2)20(14-17)16-23-10-12-24(13-11-23)22(25)15-19-6-8-21(26-3)9-7-19/h4-9,14H,10-13,15-16H2,1-3H3. The third kappa shape index (κ3) is 4.64. The summed E-state index contributed by atoms with van der Waals surface area (Å²) in [5, 5.41) is 0. The van der Waals surface area contributed by atoms with Gasteiger partial charge in [-0.15, -0.1) is 0 Å². The minimum Gasteiger partial charge on any atom is -0.497 e. The summed E-state index contributed by atoms with van der Waals surface area (Å²) in [7, 11) is 1.65. The maximum Gasteiger partial charge on any atom is 0.227 e. The van der Waals surface area contributed by atoms with E-state index in [0.29, 0.717) is 6.42 Å². The number of benzene rings is 2. The Hall–Kier alpha value is -2.33. The molecule has 4 heteroatoms. The first-order valence-corrected chi connectivity index (χ1v) is 9.24. The number of hydrogen-bond acceptors (Lipinski definition) is 3. The molecule has 0 radical (unpaired) electrons. The monoisotopic (exact) mass is 352 g/mol. The molecule has 1 aliphatic heterocycles. The van der Waals surface area contributed by atoms with Crippen molar-refractivity contribution in [2.24, 2.45) is 0 Å².